The van der Waals surface area contributed by atoms with E-state index >= 15 is 0 Å². The first-order chi connectivity index (χ1) is 6.29. The molecule has 72 valence electrons. The number of rotatable bonds is 4. The van der Waals surface area contributed by atoms with Gasteiger partial charge in [0.05, 0.1) is 7.11 Å². The van der Waals surface area contributed by atoms with Crippen LogP contribution in [0.2, 0.25) is 0 Å². The van der Waals surface area contributed by atoms with Crippen molar-refractivity contribution < 1.29 is 9.53 Å². The normalized spacial score (nSPS) is 9.69. The highest BCUT2D eigenvalue weighted by Gasteiger charge is 2.11. The van der Waals surface area contributed by atoms with Gasteiger partial charge in [-0.1, -0.05) is 6.92 Å². The number of esters is 1. The minimum Gasteiger partial charge on any atom is -0.465 e. The van der Waals surface area contributed by atoms with Gasteiger partial charge in [0.25, 0.3) is 0 Å². The van der Waals surface area contributed by atoms with Gasteiger partial charge in [0.2, 0.25) is 0 Å². The van der Waals surface area contributed by atoms with Crippen LogP contribution in [0.25, 0.3) is 0 Å². The molecule has 0 saturated carbocycles. The van der Waals surface area contributed by atoms with Crippen LogP contribution in [0.5, 0.6) is 0 Å². The Labute approximate surface area is 77.3 Å². The number of H-pyrrole nitrogens is 1. The van der Waals surface area contributed by atoms with Crippen molar-refractivity contribution >= 4 is 11.8 Å². The zero-order chi connectivity index (χ0) is 9.68. The summed E-state index contributed by atoms with van der Waals surface area (Å²) in [6, 6.07) is 1.70. The second-order valence-electron chi connectivity index (χ2n) is 2.68. The van der Waals surface area contributed by atoms with Gasteiger partial charge in [-0.3, -0.25) is 0 Å². The standard InChI is InChI=1S/C9H14N2O2/c1-3-5-10-8-7(4-6-11-8)9(12)13-2/h4,6,10-11H,3,5H2,1-2H3. The zero-order valence-electron chi connectivity index (χ0n) is 7.89. The molecule has 0 fully saturated rings. The fourth-order valence-corrected chi connectivity index (χ4v) is 1.05. The summed E-state index contributed by atoms with van der Waals surface area (Å²) < 4.78 is 4.62. The number of nitrogens with one attached hydrogen (secondary N) is 2. The van der Waals surface area contributed by atoms with Gasteiger partial charge in [-0.25, -0.2) is 4.79 Å². The molecule has 4 heteroatoms. The number of aromatic amines is 1. The van der Waals surface area contributed by atoms with Gasteiger partial charge in [0.15, 0.2) is 0 Å². The molecule has 2 N–H and O–H groups in total. The maximum Gasteiger partial charge on any atom is 0.341 e. The summed E-state index contributed by atoms with van der Waals surface area (Å²) >= 11 is 0. The van der Waals surface area contributed by atoms with Crippen LogP contribution in [0.4, 0.5) is 5.82 Å². The van der Waals surface area contributed by atoms with Crippen LogP contribution < -0.4 is 5.32 Å². The average molecular weight is 182 g/mol. The van der Waals surface area contributed by atoms with Gasteiger partial charge in [0.1, 0.15) is 11.4 Å². The zero-order valence-corrected chi connectivity index (χ0v) is 7.89. The number of carbonyl (C=O) groups is 1. The van der Waals surface area contributed by atoms with Gasteiger partial charge < -0.3 is 15.0 Å². The quantitative estimate of drug-likeness (QED) is 0.696. The van der Waals surface area contributed by atoms with Gasteiger partial charge >= 0.3 is 5.97 Å². The minimum atomic E-state index is -0.320. The lowest BCUT2D eigenvalue weighted by molar-refractivity contribution is 0.0602. The summed E-state index contributed by atoms with van der Waals surface area (Å²) in [7, 11) is 1.37. The third kappa shape index (κ3) is 2.24. The van der Waals surface area contributed by atoms with Crippen molar-refractivity contribution in [3.63, 3.8) is 0 Å². The number of carbonyl (C=O) groups excluding carboxylic acids is 1. The lowest BCUT2D eigenvalue weighted by Gasteiger charge is -2.04. The number of anilines is 1. The predicted octanol–water partition coefficient (Wildman–Crippen LogP) is 1.62. The number of hydrogen-bond acceptors (Lipinski definition) is 3. The Morgan fingerprint density at radius 1 is 1.69 bits per heavy atom. The van der Waals surface area contributed by atoms with Crippen molar-refractivity contribution in [1.29, 1.82) is 0 Å². The van der Waals surface area contributed by atoms with E-state index in [-0.39, 0.29) is 5.97 Å². The van der Waals surface area contributed by atoms with Gasteiger partial charge in [0, 0.05) is 12.7 Å². The Kier molecular flexibility index (Phi) is 3.37. The van der Waals surface area contributed by atoms with E-state index in [1.165, 1.54) is 7.11 Å². The molecule has 4 nitrogen and oxygen atoms in total. The first kappa shape index (κ1) is 9.64. The summed E-state index contributed by atoms with van der Waals surface area (Å²) in [4.78, 5) is 14.1. The van der Waals surface area contributed by atoms with Crippen molar-refractivity contribution in [3.05, 3.63) is 17.8 Å². The number of ether oxygens (including phenoxy) is 1. The SMILES string of the molecule is CCCNc1[nH]ccc1C(=O)OC. The molecule has 0 amide bonds. The maximum atomic E-state index is 11.2. The fraction of sp³-hybridized carbons (Fsp3) is 0.444. The minimum absolute atomic E-state index is 0.320. The van der Waals surface area contributed by atoms with Gasteiger partial charge in [-0.15, -0.1) is 0 Å². The monoisotopic (exact) mass is 182 g/mol. The fourth-order valence-electron chi connectivity index (χ4n) is 1.05. The molecule has 0 aliphatic rings. The van der Waals surface area contributed by atoms with Gasteiger partial charge in [-0.05, 0) is 12.5 Å². The molecule has 0 aliphatic carbocycles. The number of methoxy groups -OCH3 is 1. The van der Waals surface area contributed by atoms with E-state index in [0.717, 1.165) is 18.8 Å². The van der Waals surface area contributed by atoms with Crippen LogP contribution in [0.15, 0.2) is 12.3 Å². The topological polar surface area (TPSA) is 54.1 Å². The summed E-state index contributed by atoms with van der Waals surface area (Å²) in [5.41, 5.74) is 0.552. The van der Waals surface area contributed by atoms with Crippen molar-refractivity contribution in [3.8, 4) is 0 Å². The van der Waals surface area contributed by atoms with E-state index in [1.807, 2.05) is 0 Å². The van der Waals surface area contributed by atoms with Crippen molar-refractivity contribution in [1.82, 2.24) is 4.98 Å². The first-order valence-electron chi connectivity index (χ1n) is 4.29. The Morgan fingerprint density at radius 2 is 2.46 bits per heavy atom. The molecule has 1 rings (SSSR count). The molecule has 0 aromatic carbocycles. The molecule has 13 heavy (non-hydrogen) atoms. The van der Waals surface area contributed by atoms with E-state index < -0.39 is 0 Å². The summed E-state index contributed by atoms with van der Waals surface area (Å²) in [5, 5.41) is 3.10. The maximum absolute atomic E-state index is 11.2. The van der Waals surface area contributed by atoms with Crippen LogP contribution in [0, 0.1) is 0 Å². The van der Waals surface area contributed by atoms with Crippen LogP contribution in [0.3, 0.4) is 0 Å². The van der Waals surface area contributed by atoms with E-state index in [1.54, 1.807) is 12.3 Å². The third-order valence-electron chi connectivity index (χ3n) is 1.70. The molecule has 1 heterocycles. The predicted molar refractivity (Wildman–Crippen MR) is 50.9 cm³/mol. The molecule has 1 aromatic heterocycles. The average Bonchev–Trinajstić information content (AvgIpc) is 2.61. The van der Waals surface area contributed by atoms with Crippen molar-refractivity contribution in [2.24, 2.45) is 0 Å². The van der Waals surface area contributed by atoms with Crippen LogP contribution in [0.1, 0.15) is 23.7 Å². The molecular formula is C9H14N2O2. The Bertz CT molecular complexity index is 281. The van der Waals surface area contributed by atoms with E-state index in [9.17, 15) is 4.79 Å². The Morgan fingerprint density at radius 3 is 3.08 bits per heavy atom. The van der Waals surface area contributed by atoms with Crippen molar-refractivity contribution in [2.45, 2.75) is 13.3 Å². The van der Waals surface area contributed by atoms with Gasteiger partial charge in [-0.2, -0.15) is 0 Å². The number of aromatic nitrogens is 1. The van der Waals surface area contributed by atoms with Crippen LogP contribution in [-0.2, 0) is 4.74 Å². The second-order valence-corrected chi connectivity index (χ2v) is 2.68. The molecule has 0 atom stereocenters. The molecule has 0 bridgehead atoms. The molecule has 0 spiro atoms. The van der Waals surface area contributed by atoms with E-state index in [4.69, 9.17) is 0 Å². The Hall–Kier alpha value is -1.45. The lowest BCUT2D eigenvalue weighted by Crippen LogP contribution is -2.07. The molecule has 0 radical (unpaired) electrons. The highest BCUT2D eigenvalue weighted by atomic mass is 16.5. The highest BCUT2D eigenvalue weighted by Crippen LogP contribution is 2.13. The summed E-state index contributed by atoms with van der Waals surface area (Å²) in [6.45, 7) is 2.90. The van der Waals surface area contributed by atoms with E-state index in [0.29, 0.717) is 5.56 Å². The summed E-state index contributed by atoms with van der Waals surface area (Å²) in [5.74, 6) is 0.411. The molecule has 0 saturated heterocycles. The third-order valence-corrected chi connectivity index (χ3v) is 1.70. The van der Waals surface area contributed by atoms with Crippen LogP contribution >= 0.6 is 0 Å². The Balaban J connectivity index is 2.71. The molecule has 0 unspecified atom stereocenters. The molecule has 1 aromatic rings. The number of hydrogen-bond donors (Lipinski definition) is 2. The summed E-state index contributed by atoms with van der Waals surface area (Å²) in [6.07, 6.45) is 2.73. The van der Waals surface area contributed by atoms with Crippen LogP contribution in [-0.4, -0.2) is 24.6 Å². The first-order valence-corrected chi connectivity index (χ1v) is 4.29. The molecule has 0 aliphatic heterocycles. The second kappa shape index (κ2) is 4.54. The lowest BCUT2D eigenvalue weighted by atomic mass is 10.3. The smallest absolute Gasteiger partial charge is 0.341 e. The molecular weight excluding hydrogens is 168 g/mol. The van der Waals surface area contributed by atoms with E-state index in [2.05, 4.69) is 22.0 Å². The largest absolute Gasteiger partial charge is 0.465 e. The van der Waals surface area contributed by atoms with Crippen molar-refractivity contribution in [2.75, 3.05) is 19.0 Å². The highest BCUT2D eigenvalue weighted by molar-refractivity contribution is 5.94.